The monoisotopic (exact) mass is 347 g/mol. The maximum atomic E-state index is 8.95. The molecule has 4 heteroatoms. The quantitative estimate of drug-likeness (QED) is 0.471. The molecular weight excluding hydrogens is 302 g/mol. The lowest BCUT2D eigenvalue weighted by atomic mass is 9.96. The molecule has 0 N–H and O–H groups in total. The number of rotatable bonds is 7. The Morgan fingerprint density at radius 2 is 1.62 bits per heavy atom. The van der Waals surface area contributed by atoms with Crippen LogP contribution in [0.15, 0.2) is 0 Å². The zero-order valence-electron chi connectivity index (χ0n) is 17.8. The van der Waals surface area contributed by atoms with Gasteiger partial charge in [0.05, 0.1) is 7.11 Å². The highest BCUT2D eigenvalue weighted by molar-refractivity contribution is 5.36. The van der Waals surface area contributed by atoms with Gasteiger partial charge in [0.25, 0.3) is 6.47 Å². The lowest BCUT2D eigenvalue weighted by Gasteiger charge is -2.33. The average Bonchev–Trinajstić information content (AvgIpc) is 2.61. The molecule has 0 saturated carbocycles. The molecule has 2 atom stereocenters. The summed E-state index contributed by atoms with van der Waals surface area (Å²) in [6.07, 6.45) is 7.78. The SMILES string of the molecule is CC.CC1CCC(C)N(C)C1.CCCCCOCCC.COC=O. The summed E-state index contributed by atoms with van der Waals surface area (Å²) in [5.41, 5.74) is 0. The second-order valence-corrected chi connectivity index (χ2v) is 6.12. The first-order chi connectivity index (χ1) is 11.5. The zero-order valence-corrected chi connectivity index (χ0v) is 17.8. The van der Waals surface area contributed by atoms with Crippen molar-refractivity contribution in [3.05, 3.63) is 0 Å². The molecule has 4 nitrogen and oxygen atoms in total. The Labute approximate surface area is 152 Å². The number of hydrogen-bond donors (Lipinski definition) is 0. The molecule has 0 spiro atoms. The van der Waals surface area contributed by atoms with Crippen LogP contribution in [-0.4, -0.2) is 51.3 Å². The first kappa shape index (κ1) is 28.2. The van der Waals surface area contributed by atoms with Crippen LogP contribution < -0.4 is 0 Å². The van der Waals surface area contributed by atoms with Crippen LogP contribution in [0, 0.1) is 5.92 Å². The predicted octanol–water partition coefficient (Wildman–Crippen LogP) is 5.16. The summed E-state index contributed by atoms with van der Waals surface area (Å²) in [4.78, 5) is 11.4. The fourth-order valence-electron chi connectivity index (χ4n) is 2.21. The van der Waals surface area contributed by atoms with E-state index in [1.807, 2.05) is 13.8 Å². The van der Waals surface area contributed by atoms with E-state index in [0.29, 0.717) is 6.47 Å². The summed E-state index contributed by atoms with van der Waals surface area (Å²) < 4.78 is 9.15. The highest BCUT2D eigenvalue weighted by Gasteiger charge is 2.18. The Kier molecular flexibility index (Phi) is 29.0. The van der Waals surface area contributed by atoms with Gasteiger partial charge in [0, 0.05) is 25.8 Å². The third-order valence-corrected chi connectivity index (χ3v) is 3.77. The van der Waals surface area contributed by atoms with E-state index in [1.165, 1.54) is 45.8 Å². The molecule has 0 amide bonds. The number of nitrogens with zero attached hydrogens (tertiary/aromatic N) is 1. The number of ether oxygens (including phenoxy) is 2. The van der Waals surface area contributed by atoms with E-state index in [4.69, 9.17) is 9.53 Å². The molecule has 1 heterocycles. The second-order valence-electron chi connectivity index (χ2n) is 6.12. The van der Waals surface area contributed by atoms with Gasteiger partial charge in [0.2, 0.25) is 0 Å². The predicted molar refractivity (Wildman–Crippen MR) is 106 cm³/mol. The number of carbonyl (C=O) groups is 1. The molecule has 2 unspecified atom stereocenters. The van der Waals surface area contributed by atoms with Gasteiger partial charge in [-0.3, -0.25) is 4.79 Å². The fraction of sp³-hybridized carbons (Fsp3) is 0.950. The summed E-state index contributed by atoms with van der Waals surface area (Å²) in [6, 6.07) is 0.821. The van der Waals surface area contributed by atoms with Crippen LogP contribution in [0.5, 0.6) is 0 Å². The van der Waals surface area contributed by atoms with E-state index in [-0.39, 0.29) is 0 Å². The van der Waals surface area contributed by atoms with Crippen molar-refractivity contribution in [1.29, 1.82) is 0 Å². The fourth-order valence-corrected chi connectivity index (χ4v) is 2.21. The number of carbonyl (C=O) groups excluding carboxylic acids is 1. The molecule has 1 saturated heterocycles. The van der Waals surface area contributed by atoms with Crippen LogP contribution in [0.2, 0.25) is 0 Å². The van der Waals surface area contributed by atoms with E-state index in [2.05, 4.69) is 44.4 Å². The first-order valence-electron chi connectivity index (χ1n) is 9.77. The molecule has 0 aromatic rings. The Morgan fingerprint density at radius 3 is 2.00 bits per heavy atom. The maximum Gasteiger partial charge on any atom is 0.292 e. The van der Waals surface area contributed by atoms with Crippen molar-refractivity contribution < 1.29 is 14.3 Å². The molecule has 1 fully saturated rings. The Hall–Kier alpha value is -0.610. The van der Waals surface area contributed by atoms with E-state index in [0.717, 1.165) is 31.6 Å². The van der Waals surface area contributed by atoms with Crippen LogP contribution in [0.3, 0.4) is 0 Å². The van der Waals surface area contributed by atoms with Gasteiger partial charge in [0.1, 0.15) is 0 Å². The van der Waals surface area contributed by atoms with Crippen LogP contribution in [0.25, 0.3) is 0 Å². The first-order valence-corrected chi connectivity index (χ1v) is 9.77. The normalized spacial score (nSPS) is 19.5. The summed E-state index contributed by atoms with van der Waals surface area (Å²) in [7, 11) is 3.54. The highest BCUT2D eigenvalue weighted by atomic mass is 16.5. The minimum Gasteiger partial charge on any atom is -0.471 e. The lowest BCUT2D eigenvalue weighted by Crippen LogP contribution is -2.37. The number of hydrogen-bond acceptors (Lipinski definition) is 4. The molecule has 1 rings (SSSR count). The average molecular weight is 348 g/mol. The van der Waals surface area contributed by atoms with E-state index >= 15 is 0 Å². The number of methoxy groups -OCH3 is 1. The van der Waals surface area contributed by atoms with Crippen molar-refractivity contribution in [2.24, 2.45) is 5.92 Å². The van der Waals surface area contributed by atoms with Crippen LogP contribution in [0.1, 0.15) is 80.1 Å². The second kappa shape index (κ2) is 24.6. The lowest BCUT2D eigenvalue weighted by molar-refractivity contribution is -0.126. The van der Waals surface area contributed by atoms with Gasteiger partial charge < -0.3 is 14.4 Å². The van der Waals surface area contributed by atoms with Crippen LogP contribution in [-0.2, 0) is 14.3 Å². The standard InChI is InChI=1S/C8H17N.C8H18O.C2H4O2.C2H6/c1-7-4-5-8(2)9(3)6-7;1-3-5-6-8-9-7-4-2;1-4-2-3;1-2/h7-8H,4-6H2,1-3H3;3-8H2,1-2H3;2H,1H3;1-2H3. The molecular formula is C20H45NO3. The Morgan fingerprint density at radius 1 is 1.04 bits per heavy atom. The van der Waals surface area contributed by atoms with E-state index in [1.54, 1.807) is 0 Å². The topological polar surface area (TPSA) is 38.8 Å². The molecule has 24 heavy (non-hydrogen) atoms. The molecule has 148 valence electrons. The maximum absolute atomic E-state index is 8.95. The Balaban J connectivity index is -0.000000279. The number of unbranched alkanes of at least 4 members (excludes halogenated alkanes) is 2. The van der Waals surface area contributed by atoms with Gasteiger partial charge in [-0.2, -0.15) is 0 Å². The minimum atomic E-state index is 0.375. The van der Waals surface area contributed by atoms with Crippen molar-refractivity contribution in [2.45, 2.75) is 86.1 Å². The van der Waals surface area contributed by atoms with Gasteiger partial charge in [-0.15, -0.1) is 0 Å². The van der Waals surface area contributed by atoms with Gasteiger partial charge in [0.15, 0.2) is 0 Å². The molecule has 0 radical (unpaired) electrons. The van der Waals surface area contributed by atoms with Gasteiger partial charge >= 0.3 is 0 Å². The van der Waals surface area contributed by atoms with Gasteiger partial charge in [-0.1, -0.05) is 47.5 Å². The summed E-state index contributed by atoms with van der Waals surface area (Å²) in [5, 5.41) is 0. The molecule has 0 aromatic heterocycles. The van der Waals surface area contributed by atoms with Crippen molar-refractivity contribution in [2.75, 3.05) is 33.9 Å². The van der Waals surface area contributed by atoms with Crippen LogP contribution in [0.4, 0.5) is 0 Å². The van der Waals surface area contributed by atoms with Gasteiger partial charge in [-0.25, -0.2) is 0 Å². The van der Waals surface area contributed by atoms with E-state index in [9.17, 15) is 0 Å². The number of piperidine rings is 1. The smallest absolute Gasteiger partial charge is 0.292 e. The molecule has 0 aromatic carbocycles. The van der Waals surface area contributed by atoms with Crippen molar-refractivity contribution in [3.8, 4) is 0 Å². The minimum absolute atomic E-state index is 0.375. The van der Waals surface area contributed by atoms with Crippen molar-refractivity contribution in [3.63, 3.8) is 0 Å². The summed E-state index contributed by atoms with van der Waals surface area (Å²) in [6.45, 7) is 16.6. The Bertz CT molecular complexity index is 219. The highest BCUT2D eigenvalue weighted by Crippen LogP contribution is 2.18. The molecule has 1 aliphatic rings. The van der Waals surface area contributed by atoms with E-state index < -0.39 is 0 Å². The zero-order chi connectivity index (χ0) is 19.2. The third kappa shape index (κ3) is 23.7. The van der Waals surface area contributed by atoms with Gasteiger partial charge in [-0.05, 0) is 45.6 Å². The van der Waals surface area contributed by atoms with Crippen LogP contribution >= 0.6 is 0 Å². The van der Waals surface area contributed by atoms with Crippen molar-refractivity contribution >= 4 is 6.47 Å². The molecule has 0 aliphatic carbocycles. The number of likely N-dealkylation sites (tertiary alicyclic amines) is 1. The van der Waals surface area contributed by atoms with Crippen molar-refractivity contribution in [1.82, 2.24) is 4.90 Å². The summed E-state index contributed by atoms with van der Waals surface area (Å²) in [5.74, 6) is 0.922. The largest absolute Gasteiger partial charge is 0.471 e. The summed E-state index contributed by atoms with van der Waals surface area (Å²) >= 11 is 0. The third-order valence-electron chi connectivity index (χ3n) is 3.77. The molecule has 0 bridgehead atoms. The molecule has 1 aliphatic heterocycles.